The lowest BCUT2D eigenvalue weighted by Gasteiger charge is -2.34. The summed E-state index contributed by atoms with van der Waals surface area (Å²) < 4.78 is 4.97. The Kier molecular flexibility index (Phi) is 2.98. The Morgan fingerprint density at radius 2 is 2.00 bits per heavy atom. The van der Waals surface area contributed by atoms with Gasteiger partial charge in [-0.3, -0.25) is 4.79 Å². The Labute approximate surface area is 122 Å². The van der Waals surface area contributed by atoms with E-state index in [4.69, 9.17) is 4.74 Å². The molecule has 0 spiro atoms. The Bertz CT molecular complexity index is 548. The predicted molar refractivity (Wildman–Crippen MR) is 71.2 cm³/mol. The molecule has 6 nitrogen and oxygen atoms in total. The van der Waals surface area contributed by atoms with E-state index in [0.29, 0.717) is 17.6 Å². The lowest BCUT2D eigenvalue weighted by Crippen LogP contribution is -2.39. The first kappa shape index (κ1) is 14.5. The van der Waals surface area contributed by atoms with Crippen LogP contribution in [0.5, 0.6) is 0 Å². The van der Waals surface area contributed by atoms with E-state index in [1.165, 1.54) is 0 Å². The number of carbonyl (C=O) groups is 2. The van der Waals surface area contributed by atoms with Crippen LogP contribution in [0.25, 0.3) is 0 Å². The summed E-state index contributed by atoms with van der Waals surface area (Å²) in [6.45, 7) is 3.31. The molecule has 5 atom stereocenters. The summed E-state index contributed by atoms with van der Waals surface area (Å²) in [5.74, 6) is -2.12. The third-order valence-corrected chi connectivity index (χ3v) is 5.48. The fourth-order valence-corrected chi connectivity index (χ4v) is 4.22. The molecule has 0 amide bonds. The zero-order valence-corrected chi connectivity index (χ0v) is 12.1. The first-order valence-electron chi connectivity index (χ1n) is 7.18. The molecule has 1 saturated carbocycles. The zero-order valence-electron chi connectivity index (χ0n) is 12.1. The molecule has 0 unspecified atom stereocenters. The number of aliphatic hydroxyl groups excluding tert-OH is 1. The molecule has 0 bridgehead atoms. The number of carboxylic acid groups (broad SMARTS) is 1. The summed E-state index contributed by atoms with van der Waals surface area (Å²) in [6, 6.07) is 0. The molecule has 21 heavy (non-hydrogen) atoms. The van der Waals surface area contributed by atoms with E-state index < -0.39 is 29.1 Å². The SMILES string of the molecule is C[C@@]1(C(=O)O)C[C@H]2[C@@H](C1)[C@](C)(O)CC1=C(COC1=O)[C@@H]2O. The first-order chi connectivity index (χ1) is 9.66. The summed E-state index contributed by atoms with van der Waals surface area (Å²) in [7, 11) is 0. The minimum absolute atomic E-state index is 0.0401. The molecular formula is C15H20O6. The number of hydrogen-bond donors (Lipinski definition) is 3. The highest BCUT2D eigenvalue weighted by Gasteiger charge is 2.58. The second kappa shape index (κ2) is 4.30. The van der Waals surface area contributed by atoms with Crippen LogP contribution in [-0.4, -0.2) is 45.6 Å². The second-order valence-electron chi connectivity index (χ2n) is 7.10. The van der Waals surface area contributed by atoms with Crippen LogP contribution in [0.15, 0.2) is 11.1 Å². The highest BCUT2D eigenvalue weighted by molar-refractivity contribution is 5.92. The van der Waals surface area contributed by atoms with Crippen molar-refractivity contribution in [2.75, 3.05) is 6.61 Å². The van der Waals surface area contributed by atoms with Crippen molar-refractivity contribution in [1.82, 2.24) is 0 Å². The number of rotatable bonds is 1. The Balaban J connectivity index is 2.03. The van der Waals surface area contributed by atoms with Gasteiger partial charge in [0.05, 0.1) is 17.1 Å². The van der Waals surface area contributed by atoms with Crippen LogP contribution in [0, 0.1) is 17.3 Å². The molecule has 0 aromatic carbocycles. The van der Waals surface area contributed by atoms with Crippen LogP contribution in [0.1, 0.15) is 33.1 Å². The van der Waals surface area contributed by atoms with E-state index in [-0.39, 0.29) is 31.3 Å². The third-order valence-electron chi connectivity index (χ3n) is 5.48. The Morgan fingerprint density at radius 1 is 1.33 bits per heavy atom. The highest BCUT2D eigenvalue weighted by atomic mass is 16.5. The van der Waals surface area contributed by atoms with E-state index in [1.807, 2.05) is 0 Å². The van der Waals surface area contributed by atoms with Gasteiger partial charge in [0.25, 0.3) is 0 Å². The fourth-order valence-electron chi connectivity index (χ4n) is 4.22. The van der Waals surface area contributed by atoms with Crippen LogP contribution in [0.4, 0.5) is 0 Å². The summed E-state index contributed by atoms with van der Waals surface area (Å²) in [5, 5.41) is 30.8. The maximum absolute atomic E-state index is 11.8. The number of hydrogen-bond acceptors (Lipinski definition) is 5. The molecule has 0 aromatic heterocycles. The largest absolute Gasteiger partial charge is 0.481 e. The summed E-state index contributed by atoms with van der Waals surface area (Å²) >= 11 is 0. The van der Waals surface area contributed by atoms with Crippen molar-refractivity contribution in [3.05, 3.63) is 11.1 Å². The van der Waals surface area contributed by atoms with Crippen LogP contribution >= 0.6 is 0 Å². The summed E-state index contributed by atoms with van der Waals surface area (Å²) in [5.41, 5.74) is -1.30. The van der Waals surface area contributed by atoms with Gasteiger partial charge >= 0.3 is 11.9 Å². The van der Waals surface area contributed by atoms with Gasteiger partial charge in [-0.25, -0.2) is 4.79 Å². The maximum Gasteiger partial charge on any atom is 0.334 e. The minimum Gasteiger partial charge on any atom is -0.481 e. The van der Waals surface area contributed by atoms with Crippen molar-refractivity contribution >= 4 is 11.9 Å². The van der Waals surface area contributed by atoms with E-state index in [2.05, 4.69) is 0 Å². The molecule has 3 N–H and O–H groups in total. The number of ether oxygens (including phenoxy) is 1. The van der Waals surface area contributed by atoms with E-state index in [9.17, 15) is 24.9 Å². The van der Waals surface area contributed by atoms with Crippen molar-refractivity contribution in [3.63, 3.8) is 0 Å². The van der Waals surface area contributed by atoms with Gasteiger partial charge in [0.1, 0.15) is 6.61 Å². The van der Waals surface area contributed by atoms with Crippen LogP contribution < -0.4 is 0 Å². The van der Waals surface area contributed by atoms with Gasteiger partial charge < -0.3 is 20.1 Å². The zero-order chi connectivity index (χ0) is 15.6. The molecule has 0 saturated heterocycles. The molecular weight excluding hydrogens is 276 g/mol. The van der Waals surface area contributed by atoms with Gasteiger partial charge in [-0.1, -0.05) is 0 Å². The van der Waals surface area contributed by atoms with Crippen LogP contribution in [0.2, 0.25) is 0 Å². The smallest absolute Gasteiger partial charge is 0.334 e. The predicted octanol–water partition coefficient (Wildman–Crippen LogP) is 0.472. The fraction of sp³-hybridized carbons (Fsp3) is 0.733. The number of carbonyl (C=O) groups excluding carboxylic acids is 1. The number of carboxylic acids is 1. The molecule has 3 rings (SSSR count). The quantitative estimate of drug-likeness (QED) is 0.608. The Hall–Kier alpha value is -1.40. The molecule has 6 heteroatoms. The number of esters is 1. The summed E-state index contributed by atoms with van der Waals surface area (Å²) in [6.07, 6.45) is -0.233. The van der Waals surface area contributed by atoms with Crippen LogP contribution in [-0.2, 0) is 14.3 Å². The average molecular weight is 296 g/mol. The molecule has 3 aliphatic rings. The number of cyclic esters (lactones) is 1. The minimum atomic E-state index is -1.22. The standard InChI is InChI=1S/C15H20O6/c1-14(13(18)19)3-8-10(5-14)15(2,20)4-7-9(11(8)16)6-21-12(7)17/h8,10-11,16,20H,3-6H2,1-2H3,(H,18,19)/t8-,10+,11+,14+,15+/m0/s1. The average Bonchev–Trinajstić information content (AvgIpc) is 2.90. The van der Waals surface area contributed by atoms with Crippen molar-refractivity contribution < 1.29 is 29.6 Å². The normalized spacial score (nSPS) is 45.9. The van der Waals surface area contributed by atoms with Crippen molar-refractivity contribution in [3.8, 4) is 0 Å². The van der Waals surface area contributed by atoms with Gasteiger partial charge in [-0.15, -0.1) is 0 Å². The van der Waals surface area contributed by atoms with Gasteiger partial charge in [0.2, 0.25) is 0 Å². The highest BCUT2D eigenvalue weighted by Crippen LogP contribution is 2.55. The second-order valence-corrected chi connectivity index (χ2v) is 7.10. The molecule has 0 radical (unpaired) electrons. The van der Waals surface area contributed by atoms with Crippen molar-refractivity contribution in [2.45, 2.75) is 44.8 Å². The number of fused-ring (bicyclic) bond motifs is 1. The molecule has 0 aromatic rings. The molecule has 1 aliphatic heterocycles. The monoisotopic (exact) mass is 296 g/mol. The van der Waals surface area contributed by atoms with E-state index in [0.717, 1.165) is 0 Å². The lowest BCUT2D eigenvalue weighted by molar-refractivity contribution is -0.148. The topological polar surface area (TPSA) is 104 Å². The molecule has 1 heterocycles. The summed E-state index contributed by atoms with van der Waals surface area (Å²) in [4.78, 5) is 23.2. The van der Waals surface area contributed by atoms with Crippen molar-refractivity contribution in [2.24, 2.45) is 17.3 Å². The molecule has 2 aliphatic carbocycles. The first-order valence-corrected chi connectivity index (χ1v) is 7.18. The lowest BCUT2D eigenvalue weighted by atomic mass is 9.77. The van der Waals surface area contributed by atoms with Gasteiger partial charge in [0, 0.05) is 17.6 Å². The van der Waals surface area contributed by atoms with E-state index in [1.54, 1.807) is 13.8 Å². The Morgan fingerprint density at radius 3 is 2.62 bits per heavy atom. The number of aliphatic hydroxyl groups is 2. The van der Waals surface area contributed by atoms with Gasteiger partial charge in [-0.2, -0.15) is 0 Å². The number of aliphatic carboxylic acids is 1. The van der Waals surface area contributed by atoms with Crippen molar-refractivity contribution in [1.29, 1.82) is 0 Å². The van der Waals surface area contributed by atoms with E-state index >= 15 is 0 Å². The molecule has 116 valence electrons. The van der Waals surface area contributed by atoms with Crippen LogP contribution in [0.3, 0.4) is 0 Å². The van der Waals surface area contributed by atoms with Gasteiger partial charge in [0.15, 0.2) is 0 Å². The van der Waals surface area contributed by atoms with Gasteiger partial charge in [-0.05, 0) is 38.5 Å². The molecule has 1 fully saturated rings. The third kappa shape index (κ3) is 2.00. The maximum atomic E-state index is 11.8.